The number of rotatable bonds is 6. The van der Waals surface area contributed by atoms with Gasteiger partial charge in [0.2, 0.25) is 5.88 Å². The lowest BCUT2D eigenvalue weighted by molar-refractivity contribution is 0.250. The Morgan fingerprint density at radius 3 is 2.60 bits per heavy atom. The summed E-state index contributed by atoms with van der Waals surface area (Å²) in [6, 6.07) is 13.0. The fraction of sp³-hybridized carbons (Fsp3) is 0.308. The summed E-state index contributed by atoms with van der Waals surface area (Å²) >= 11 is 0. The minimum atomic E-state index is -0.646. The number of ether oxygens (including phenoxy) is 2. The van der Waals surface area contributed by atoms with Crippen LogP contribution in [0.2, 0.25) is 0 Å². The Labute approximate surface area is 201 Å². The third-order valence-electron chi connectivity index (χ3n) is 6.83. The van der Waals surface area contributed by atoms with Gasteiger partial charge in [-0.25, -0.2) is 4.79 Å². The number of para-hydroxylation sites is 1. The minimum Gasteiger partial charge on any atom is -0.494 e. The maximum atomic E-state index is 13.0. The molecular formula is C26H28N4O5. The van der Waals surface area contributed by atoms with E-state index >= 15 is 0 Å². The van der Waals surface area contributed by atoms with Gasteiger partial charge >= 0.3 is 5.69 Å². The molecular weight excluding hydrogens is 448 g/mol. The number of fused-ring (bicyclic) bond motifs is 3. The van der Waals surface area contributed by atoms with Crippen molar-refractivity contribution in [2.75, 3.05) is 27.8 Å². The first-order chi connectivity index (χ1) is 16.9. The average Bonchev–Trinajstić information content (AvgIpc) is 3.23. The van der Waals surface area contributed by atoms with E-state index in [0.29, 0.717) is 24.5 Å². The maximum Gasteiger partial charge on any atom is 0.331 e. The lowest BCUT2D eigenvalue weighted by Gasteiger charge is -2.33. The van der Waals surface area contributed by atoms with Crippen molar-refractivity contribution in [2.45, 2.75) is 25.4 Å². The average molecular weight is 477 g/mol. The van der Waals surface area contributed by atoms with Crippen LogP contribution in [0.15, 0.2) is 52.1 Å². The van der Waals surface area contributed by atoms with Gasteiger partial charge in [0.25, 0.3) is 5.56 Å². The van der Waals surface area contributed by atoms with Gasteiger partial charge in [0.15, 0.2) is 11.5 Å². The molecule has 182 valence electrons. The van der Waals surface area contributed by atoms with Crippen molar-refractivity contribution in [3.63, 3.8) is 0 Å². The van der Waals surface area contributed by atoms with Crippen molar-refractivity contribution in [3.05, 3.63) is 85.7 Å². The standard InChI is InChI=1S/C26H28N4O5/c1-29-12-11-17-16-6-4-5-7-18(16)27-22(17)23(29)21-24(31)28-26(33)30(25(21)32)13-10-15-8-9-19(34-2)20(14-15)35-3/h4-9,14,23,27,32H,10-13H2,1-3H3,(H,28,31,33)/t23-/m1/s1. The molecule has 0 fully saturated rings. The van der Waals surface area contributed by atoms with E-state index in [1.807, 2.05) is 42.3 Å². The van der Waals surface area contributed by atoms with Crippen molar-refractivity contribution < 1.29 is 14.6 Å². The Hall–Kier alpha value is -3.98. The molecule has 9 nitrogen and oxygen atoms in total. The van der Waals surface area contributed by atoms with Gasteiger partial charge in [0.05, 0.1) is 20.3 Å². The first-order valence-electron chi connectivity index (χ1n) is 11.5. The van der Waals surface area contributed by atoms with Crippen LogP contribution in [0.25, 0.3) is 10.9 Å². The summed E-state index contributed by atoms with van der Waals surface area (Å²) in [6.07, 6.45) is 1.27. The van der Waals surface area contributed by atoms with Crippen molar-refractivity contribution >= 4 is 10.9 Å². The number of benzene rings is 2. The zero-order valence-corrected chi connectivity index (χ0v) is 19.9. The van der Waals surface area contributed by atoms with Gasteiger partial charge in [-0.3, -0.25) is 19.2 Å². The molecule has 1 aliphatic rings. The quantitative estimate of drug-likeness (QED) is 0.394. The van der Waals surface area contributed by atoms with Crippen LogP contribution in [-0.2, 0) is 19.4 Å². The van der Waals surface area contributed by atoms with E-state index in [1.165, 1.54) is 4.57 Å². The molecule has 4 aromatic rings. The molecule has 0 unspecified atom stereocenters. The largest absolute Gasteiger partial charge is 0.494 e. The normalized spacial score (nSPS) is 15.8. The Morgan fingerprint density at radius 2 is 1.83 bits per heavy atom. The van der Waals surface area contributed by atoms with Crippen LogP contribution in [0.4, 0.5) is 0 Å². The highest BCUT2D eigenvalue weighted by atomic mass is 16.5. The number of nitrogens with one attached hydrogen (secondary N) is 2. The van der Waals surface area contributed by atoms with Gasteiger partial charge in [-0.15, -0.1) is 0 Å². The van der Waals surface area contributed by atoms with Crippen molar-refractivity contribution in [2.24, 2.45) is 0 Å². The van der Waals surface area contributed by atoms with Crippen LogP contribution >= 0.6 is 0 Å². The second-order valence-electron chi connectivity index (χ2n) is 8.78. The summed E-state index contributed by atoms with van der Waals surface area (Å²) < 4.78 is 11.9. The van der Waals surface area contributed by atoms with E-state index in [0.717, 1.165) is 34.1 Å². The Balaban J connectivity index is 1.55. The number of aryl methyl sites for hydroxylation is 1. The second kappa shape index (κ2) is 8.99. The number of hydrogen-bond acceptors (Lipinski definition) is 6. The highest BCUT2D eigenvalue weighted by molar-refractivity contribution is 5.85. The lowest BCUT2D eigenvalue weighted by Crippen LogP contribution is -2.40. The summed E-state index contributed by atoms with van der Waals surface area (Å²) in [7, 11) is 5.04. The van der Waals surface area contributed by atoms with Gasteiger partial charge in [-0.2, -0.15) is 0 Å². The number of likely N-dealkylation sites (N-methyl/N-ethyl adjacent to an activating group) is 1. The highest BCUT2D eigenvalue weighted by Gasteiger charge is 2.34. The van der Waals surface area contributed by atoms with Crippen molar-refractivity contribution in [1.29, 1.82) is 0 Å². The molecule has 3 N–H and O–H groups in total. The van der Waals surface area contributed by atoms with Crippen LogP contribution in [0, 0.1) is 0 Å². The van der Waals surface area contributed by atoms with Gasteiger partial charge in [-0.1, -0.05) is 24.3 Å². The smallest absolute Gasteiger partial charge is 0.331 e. The number of methoxy groups -OCH3 is 2. The molecule has 9 heteroatoms. The predicted molar refractivity (Wildman–Crippen MR) is 133 cm³/mol. The molecule has 0 saturated heterocycles. The van der Waals surface area contributed by atoms with E-state index in [2.05, 4.69) is 16.0 Å². The number of aromatic amines is 2. The molecule has 1 atom stereocenters. The molecule has 2 aromatic heterocycles. The summed E-state index contributed by atoms with van der Waals surface area (Å²) in [5.41, 5.74) is 2.80. The molecule has 0 spiro atoms. The number of H-pyrrole nitrogens is 2. The maximum absolute atomic E-state index is 13.0. The van der Waals surface area contributed by atoms with Crippen LogP contribution in [-0.4, -0.2) is 52.4 Å². The Bertz CT molecular complexity index is 1520. The summed E-state index contributed by atoms with van der Waals surface area (Å²) in [5.74, 6) is 0.874. The molecule has 0 bridgehead atoms. The molecule has 5 rings (SSSR count). The highest BCUT2D eigenvalue weighted by Crippen LogP contribution is 2.38. The fourth-order valence-electron chi connectivity index (χ4n) is 5.03. The van der Waals surface area contributed by atoms with E-state index < -0.39 is 17.3 Å². The zero-order valence-electron chi connectivity index (χ0n) is 19.9. The predicted octanol–water partition coefficient (Wildman–Crippen LogP) is 2.56. The first kappa shape index (κ1) is 22.8. The van der Waals surface area contributed by atoms with Crippen LogP contribution in [0.1, 0.15) is 28.4 Å². The number of hydrogen-bond donors (Lipinski definition) is 3. The topological polar surface area (TPSA) is 113 Å². The van der Waals surface area contributed by atoms with Crippen molar-refractivity contribution in [3.8, 4) is 17.4 Å². The number of aromatic hydroxyl groups is 1. The summed E-state index contributed by atoms with van der Waals surface area (Å²) in [4.78, 5) is 33.6. The van der Waals surface area contributed by atoms with Gasteiger partial charge < -0.3 is 19.6 Å². The van der Waals surface area contributed by atoms with E-state index in [1.54, 1.807) is 20.3 Å². The van der Waals surface area contributed by atoms with Crippen molar-refractivity contribution in [1.82, 2.24) is 19.4 Å². The van der Waals surface area contributed by atoms with E-state index in [4.69, 9.17) is 9.47 Å². The molecule has 0 saturated carbocycles. The minimum absolute atomic E-state index is 0.159. The fourth-order valence-corrected chi connectivity index (χ4v) is 5.03. The number of nitrogens with zero attached hydrogens (tertiary/aromatic N) is 2. The van der Waals surface area contributed by atoms with Gasteiger partial charge in [0.1, 0.15) is 5.56 Å². The monoisotopic (exact) mass is 476 g/mol. The molecule has 35 heavy (non-hydrogen) atoms. The molecule has 0 radical (unpaired) electrons. The van der Waals surface area contributed by atoms with Crippen LogP contribution in [0.3, 0.4) is 0 Å². The zero-order chi connectivity index (χ0) is 24.7. The first-order valence-corrected chi connectivity index (χ1v) is 11.5. The SMILES string of the molecule is COc1ccc(CCn2c(O)c([C@@H]3c4[nH]c5ccccc5c4CCN3C)c(=O)[nH]c2=O)cc1OC. The van der Waals surface area contributed by atoms with Crippen LogP contribution in [0.5, 0.6) is 17.4 Å². The van der Waals surface area contributed by atoms with E-state index in [-0.39, 0.29) is 18.0 Å². The molecule has 1 aliphatic heterocycles. The van der Waals surface area contributed by atoms with Gasteiger partial charge in [0, 0.05) is 29.7 Å². The third kappa shape index (κ3) is 3.87. The lowest BCUT2D eigenvalue weighted by atomic mass is 9.94. The van der Waals surface area contributed by atoms with E-state index in [9.17, 15) is 14.7 Å². The third-order valence-corrected chi connectivity index (χ3v) is 6.83. The molecule has 2 aromatic carbocycles. The molecule has 3 heterocycles. The van der Waals surface area contributed by atoms with Gasteiger partial charge in [-0.05, 0) is 49.2 Å². The van der Waals surface area contributed by atoms with Crippen LogP contribution < -0.4 is 20.7 Å². The molecule has 0 amide bonds. The summed E-state index contributed by atoms with van der Waals surface area (Å²) in [5, 5.41) is 12.3. The second-order valence-corrected chi connectivity index (χ2v) is 8.78. The molecule has 0 aliphatic carbocycles. The Morgan fingerprint density at radius 1 is 1.06 bits per heavy atom. The number of aromatic nitrogens is 3. The summed E-state index contributed by atoms with van der Waals surface area (Å²) in [6.45, 7) is 0.892. The Kier molecular flexibility index (Phi) is 5.86.